The average molecular weight is 779 g/mol. The van der Waals surface area contributed by atoms with Gasteiger partial charge in [-0.2, -0.15) is 33.7 Å². The Morgan fingerprint density at radius 2 is 0.673 bits per heavy atom. The molecule has 49 heavy (non-hydrogen) atoms. The minimum absolute atomic E-state index is 0.278. The van der Waals surface area contributed by atoms with Gasteiger partial charge in [0.25, 0.3) is 40.5 Å². The van der Waals surface area contributed by atoms with Gasteiger partial charge in [0.15, 0.2) is 11.6 Å². The molecule has 0 aliphatic heterocycles. The van der Waals surface area contributed by atoms with Crippen LogP contribution in [0.4, 0.5) is 0 Å². The maximum atomic E-state index is 14.1. The van der Waals surface area contributed by atoms with E-state index in [-0.39, 0.29) is 12.1 Å². The lowest BCUT2D eigenvalue weighted by Gasteiger charge is -2.15. The first-order valence-electron chi connectivity index (χ1n) is 12.4. The number of carbonyl (C=O) groups excluding carboxylic acids is 2. The second-order valence-electron chi connectivity index (χ2n) is 9.81. The van der Waals surface area contributed by atoms with Crippen molar-refractivity contribution in [1.82, 2.24) is 0 Å². The molecular weight excluding hydrogens is 761 g/mol. The third kappa shape index (κ3) is 7.85. The van der Waals surface area contributed by atoms with Gasteiger partial charge >= 0.3 is 0 Å². The van der Waals surface area contributed by atoms with Gasteiger partial charge < -0.3 is 10.2 Å². The zero-order valence-corrected chi connectivity index (χ0v) is 27.6. The Labute approximate surface area is 276 Å². The Bertz CT molecular complexity index is 2380. The first-order valence-corrected chi connectivity index (χ1v) is 19.7. The van der Waals surface area contributed by atoms with E-state index in [0.29, 0.717) is 48.5 Å². The smallest absolute Gasteiger partial charge is 0.294 e. The molecule has 0 saturated carbocycles. The highest BCUT2D eigenvalue weighted by molar-refractivity contribution is 7.91. The maximum absolute atomic E-state index is 14.1. The number of phenols is 2. The van der Waals surface area contributed by atoms with Crippen molar-refractivity contribution in [3.05, 3.63) is 95.1 Å². The summed E-state index contributed by atoms with van der Waals surface area (Å²) in [4.78, 5) is 20.2. The summed E-state index contributed by atoms with van der Waals surface area (Å²) in [6.07, 6.45) is 0. The monoisotopic (exact) mass is 778 g/mol. The maximum Gasteiger partial charge on any atom is 0.294 e. The summed E-state index contributed by atoms with van der Waals surface area (Å²) in [5, 5.41) is 20.2. The summed E-state index contributed by atoms with van der Waals surface area (Å²) < 4.78 is 160. The van der Waals surface area contributed by atoms with Crippen molar-refractivity contribution in [2.45, 2.75) is 29.4 Å². The van der Waals surface area contributed by atoms with Crippen LogP contribution in [0.15, 0.2) is 102 Å². The van der Waals surface area contributed by atoms with E-state index >= 15 is 0 Å². The first-order chi connectivity index (χ1) is 22.2. The van der Waals surface area contributed by atoms with Crippen LogP contribution in [0.1, 0.15) is 31.8 Å². The number of aromatic hydroxyl groups is 2. The Hall–Kier alpha value is -4.59. The van der Waals surface area contributed by atoms with Crippen LogP contribution in [0.25, 0.3) is 0 Å². The highest BCUT2D eigenvalue weighted by Gasteiger charge is 2.32. The van der Waals surface area contributed by atoms with Gasteiger partial charge in [-0.05, 0) is 72.8 Å². The second kappa shape index (κ2) is 12.4. The number of carbonyl (C=O) groups is 2. The van der Waals surface area contributed by atoms with Crippen molar-refractivity contribution in [2.75, 3.05) is 0 Å². The zero-order valence-electron chi connectivity index (χ0n) is 23.6. The molecule has 0 heterocycles. The van der Waals surface area contributed by atoms with Crippen LogP contribution < -0.4 is 0 Å². The van der Waals surface area contributed by atoms with Gasteiger partial charge in [0.1, 0.15) is 11.5 Å². The van der Waals surface area contributed by atoms with Crippen LogP contribution in [0.3, 0.4) is 0 Å². The van der Waals surface area contributed by atoms with Crippen molar-refractivity contribution in [1.29, 1.82) is 0 Å². The van der Waals surface area contributed by atoms with Crippen LogP contribution in [0, 0.1) is 0 Å². The fourth-order valence-electron chi connectivity index (χ4n) is 4.29. The molecule has 0 aliphatic rings. The van der Waals surface area contributed by atoms with Gasteiger partial charge in [-0.15, -0.1) is 0 Å². The SMILES string of the molecule is O=C(c1cc(S(=O)(=O)O)cc(S(=O)(=O)O)c1)c1cc(O)ccc1S(=O)(=O)c1ccc(O)cc1C(=O)c1cc(S(=O)(=O)O)cc(S(=O)(=O)O)c1. The molecule has 0 unspecified atom stereocenters. The number of hydrogen-bond donors (Lipinski definition) is 6. The van der Waals surface area contributed by atoms with E-state index in [1.165, 1.54) is 0 Å². The molecule has 0 aromatic heterocycles. The topological polar surface area (TPSA) is 326 Å². The van der Waals surface area contributed by atoms with E-state index in [2.05, 4.69) is 0 Å². The largest absolute Gasteiger partial charge is 0.508 e. The predicted octanol–water partition coefficient (Wildman–Crippen LogP) is 1.38. The lowest BCUT2D eigenvalue weighted by molar-refractivity contribution is 0.102. The summed E-state index contributed by atoms with van der Waals surface area (Å²) in [6.45, 7) is 0. The number of hydrogen-bond acceptors (Lipinski definition) is 14. The average Bonchev–Trinajstić information content (AvgIpc) is 2.97. The Kier molecular flexibility index (Phi) is 9.41. The number of benzene rings is 4. The summed E-state index contributed by atoms with van der Waals surface area (Å²) >= 11 is 0. The number of phenolic OH excluding ortho intramolecular Hbond substituents is 2. The van der Waals surface area contributed by atoms with Gasteiger partial charge in [-0.1, -0.05) is 0 Å². The molecule has 0 amide bonds. The molecule has 0 fully saturated rings. The van der Waals surface area contributed by atoms with Crippen molar-refractivity contribution in [3.63, 3.8) is 0 Å². The van der Waals surface area contributed by atoms with E-state index in [9.17, 15) is 80.1 Å². The highest BCUT2D eigenvalue weighted by Crippen LogP contribution is 2.34. The number of rotatable bonds is 10. The third-order valence-corrected chi connectivity index (χ3v) is 11.7. The van der Waals surface area contributed by atoms with Crippen molar-refractivity contribution >= 4 is 61.9 Å². The molecule has 23 heteroatoms. The fraction of sp³-hybridized carbons (Fsp3) is 0. The Balaban J connectivity index is 1.99. The minimum Gasteiger partial charge on any atom is -0.508 e. The van der Waals surface area contributed by atoms with Gasteiger partial charge in [-0.3, -0.25) is 27.8 Å². The van der Waals surface area contributed by atoms with E-state index < -0.39 is 125 Å². The molecule has 0 aliphatic carbocycles. The quantitative estimate of drug-likeness (QED) is 0.0978. The standard InChI is InChI=1S/C26H18O18S5/c27-15-1-3-23(21(9-15)25(29)13-5-17(46(33,34)35)11-18(6-13)47(36,37)38)45(31,32)24-4-2-16(28)10-22(24)26(30)14-7-19(48(39,40)41)12-20(8-14)49(42,43)44/h1-12,27-28H,(H,33,34,35)(H,36,37,38)(H,39,40,41)(H,42,43,44). The molecule has 4 rings (SSSR count). The Morgan fingerprint density at radius 3 is 0.918 bits per heavy atom. The molecule has 0 saturated heterocycles. The highest BCUT2D eigenvalue weighted by atomic mass is 32.2. The molecule has 6 N–H and O–H groups in total. The zero-order chi connectivity index (χ0) is 37.1. The van der Waals surface area contributed by atoms with E-state index in [1.54, 1.807) is 0 Å². The van der Waals surface area contributed by atoms with E-state index in [0.717, 1.165) is 12.1 Å². The number of ketones is 2. The van der Waals surface area contributed by atoms with Crippen LogP contribution in [0.5, 0.6) is 11.5 Å². The minimum atomic E-state index is -5.25. The summed E-state index contributed by atoms with van der Waals surface area (Å²) in [6, 6.07) is 6.05. The van der Waals surface area contributed by atoms with Crippen molar-refractivity contribution in [3.8, 4) is 11.5 Å². The molecule has 4 aromatic rings. The summed E-state index contributed by atoms with van der Waals surface area (Å²) in [5.41, 5.74) is -3.90. The van der Waals surface area contributed by atoms with Gasteiger partial charge in [0, 0.05) is 22.3 Å². The first kappa shape index (κ1) is 37.2. The molecule has 0 atom stereocenters. The Morgan fingerprint density at radius 1 is 0.408 bits per heavy atom. The molecule has 260 valence electrons. The van der Waals surface area contributed by atoms with E-state index in [1.807, 2.05) is 0 Å². The van der Waals surface area contributed by atoms with E-state index in [4.69, 9.17) is 0 Å². The predicted molar refractivity (Wildman–Crippen MR) is 161 cm³/mol. The van der Waals surface area contributed by atoms with Crippen molar-refractivity contribution < 1.29 is 80.1 Å². The molecule has 0 radical (unpaired) electrons. The third-order valence-electron chi connectivity index (χ3n) is 6.47. The van der Waals surface area contributed by atoms with Gasteiger partial charge in [-0.25, -0.2) is 8.42 Å². The summed E-state index contributed by atoms with van der Waals surface area (Å²) in [7, 11) is -26.2. The molecule has 0 bridgehead atoms. The van der Waals surface area contributed by atoms with Gasteiger partial charge in [0.05, 0.1) is 29.4 Å². The van der Waals surface area contributed by atoms with Crippen LogP contribution >= 0.6 is 0 Å². The molecule has 0 spiro atoms. The second-order valence-corrected chi connectivity index (χ2v) is 17.4. The summed E-state index contributed by atoms with van der Waals surface area (Å²) in [5.74, 6) is -4.58. The lowest BCUT2D eigenvalue weighted by Crippen LogP contribution is -2.16. The molecule has 18 nitrogen and oxygen atoms in total. The van der Waals surface area contributed by atoms with Crippen LogP contribution in [0.2, 0.25) is 0 Å². The molecular formula is C26H18O18S5. The fourth-order valence-corrected chi connectivity index (χ4v) is 8.26. The van der Waals surface area contributed by atoms with Gasteiger partial charge in [0.2, 0.25) is 9.84 Å². The lowest BCUT2D eigenvalue weighted by atomic mass is 10.0. The van der Waals surface area contributed by atoms with Crippen molar-refractivity contribution in [2.24, 2.45) is 0 Å². The number of sulfone groups is 1. The normalized spacial score (nSPS) is 12.8. The van der Waals surface area contributed by atoms with Crippen LogP contribution in [-0.2, 0) is 50.3 Å². The van der Waals surface area contributed by atoms with Crippen LogP contribution in [-0.4, -0.2) is 82.1 Å². The molecule has 4 aromatic carbocycles.